The SMILES string of the molecule is OC(Cc1ccc(F)c(Br)c1)C1OCCc2ccccc21. The number of benzene rings is 2. The molecule has 0 spiro atoms. The Kier molecular flexibility index (Phi) is 4.38. The molecule has 1 N–H and O–H groups in total. The fourth-order valence-corrected chi connectivity index (χ4v) is 3.18. The van der Waals surface area contributed by atoms with E-state index in [9.17, 15) is 9.50 Å². The van der Waals surface area contributed by atoms with E-state index in [0.29, 0.717) is 17.5 Å². The molecule has 1 heterocycles. The zero-order valence-electron chi connectivity index (χ0n) is 11.4. The lowest BCUT2D eigenvalue weighted by Gasteiger charge is -2.29. The molecule has 1 aliphatic heterocycles. The summed E-state index contributed by atoms with van der Waals surface area (Å²) in [5.74, 6) is -0.299. The van der Waals surface area contributed by atoms with Gasteiger partial charge in [-0.15, -0.1) is 0 Å². The van der Waals surface area contributed by atoms with Gasteiger partial charge in [0, 0.05) is 6.42 Å². The molecule has 0 fully saturated rings. The Balaban J connectivity index is 1.80. The first kappa shape index (κ1) is 14.7. The van der Waals surface area contributed by atoms with E-state index >= 15 is 0 Å². The highest BCUT2D eigenvalue weighted by Gasteiger charge is 2.27. The number of aliphatic hydroxyl groups is 1. The third kappa shape index (κ3) is 3.18. The summed E-state index contributed by atoms with van der Waals surface area (Å²) < 4.78 is 19.4. The maximum absolute atomic E-state index is 13.3. The van der Waals surface area contributed by atoms with Gasteiger partial charge in [-0.25, -0.2) is 4.39 Å². The Hall–Kier alpha value is -1.23. The molecule has 3 rings (SSSR count). The molecule has 0 bridgehead atoms. The van der Waals surface area contributed by atoms with Gasteiger partial charge >= 0.3 is 0 Å². The van der Waals surface area contributed by atoms with Crippen LogP contribution in [0.25, 0.3) is 0 Å². The van der Waals surface area contributed by atoms with E-state index in [4.69, 9.17) is 4.74 Å². The van der Waals surface area contributed by atoms with Crippen LogP contribution in [-0.2, 0) is 17.6 Å². The van der Waals surface area contributed by atoms with Crippen molar-refractivity contribution in [1.29, 1.82) is 0 Å². The maximum Gasteiger partial charge on any atom is 0.137 e. The molecule has 0 aromatic heterocycles. The van der Waals surface area contributed by atoms with Gasteiger partial charge in [-0.2, -0.15) is 0 Å². The summed E-state index contributed by atoms with van der Waals surface area (Å²) in [7, 11) is 0. The van der Waals surface area contributed by atoms with Gasteiger partial charge in [-0.1, -0.05) is 30.3 Å². The third-order valence-corrected chi connectivity index (χ3v) is 4.42. The van der Waals surface area contributed by atoms with Crippen LogP contribution in [0.2, 0.25) is 0 Å². The fraction of sp³-hybridized carbons (Fsp3) is 0.294. The van der Waals surface area contributed by atoms with Crippen LogP contribution < -0.4 is 0 Å². The first-order chi connectivity index (χ1) is 10.1. The molecular weight excluding hydrogens is 335 g/mol. The van der Waals surface area contributed by atoms with Gasteiger partial charge in [0.1, 0.15) is 11.9 Å². The van der Waals surface area contributed by atoms with E-state index in [0.717, 1.165) is 17.5 Å². The van der Waals surface area contributed by atoms with E-state index in [1.54, 1.807) is 12.1 Å². The third-order valence-electron chi connectivity index (χ3n) is 3.81. The number of ether oxygens (including phenoxy) is 1. The second-order valence-corrected chi connectivity index (χ2v) is 6.11. The van der Waals surface area contributed by atoms with E-state index in [1.807, 2.05) is 18.2 Å². The second kappa shape index (κ2) is 6.26. The topological polar surface area (TPSA) is 29.5 Å². The maximum atomic E-state index is 13.3. The van der Waals surface area contributed by atoms with Crippen LogP contribution in [0.1, 0.15) is 22.8 Å². The largest absolute Gasteiger partial charge is 0.390 e. The molecule has 0 saturated heterocycles. The molecule has 21 heavy (non-hydrogen) atoms. The Morgan fingerprint density at radius 1 is 1.29 bits per heavy atom. The number of halogens is 2. The average molecular weight is 351 g/mol. The van der Waals surface area contributed by atoms with Crippen molar-refractivity contribution in [2.24, 2.45) is 0 Å². The summed E-state index contributed by atoms with van der Waals surface area (Å²) in [6, 6.07) is 12.8. The molecule has 0 amide bonds. The highest BCUT2D eigenvalue weighted by Crippen LogP contribution is 2.31. The first-order valence-corrected chi connectivity index (χ1v) is 7.76. The lowest BCUT2D eigenvalue weighted by molar-refractivity contribution is -0.0460. The van der Waals surface area contributed by atoms with Crippen molar-refractivity contribution >= 4 is 15.9 Å². The average Bonchev–Trinajstić information content (AvgIpc) is 2.50. The van der Waals surface area contributed by atoms with Gasteiger partial charge in [0.15, 0.2) is 0 Å². The van der Waals surface area contributed by atoms with Crippen LogP contribution in [0, 0.1) is 5.82 Å². The molecule has 0 radical (unpaired) electrons. The Morgan fingerprint density at radius 3 is 2.90 bits per heavy atom. The van der Waals surface area contributed by atoms with Crippen LogP contribution in [0.3, 0.4) is 0 Å². The van der Waals surface area contributed by atoms with Gasteiger partial charge < -0.3 is 9.84 Å². The Bertz CT molecular complexity index is 644. The monoisotopic (exact) mass is 350 g/mol. The lowest BCUT2D eigenvalue weighted by Crippen LogP contribution is -2.28. The normalized spacial score (nSPS) is 19.1. The fourth-order valence-electron chi connectivity index (χ4n) is 2.76. The zero-order chi connectivity index (χ0) is 14.8. The van der Waals surface area contributed by atoms with Crippen molar-refractivity contribution in [2.75, 3.05) is 6.61 Å². The number of aliphatic hydroxyl groups excluding tert-OH is 1. The highest BCUT2D eigenvalue weighted by atomic mass is 79.9. The molecule has 0 aliphatic carbocycles. The molecular formula is C17H16BrFO2. The quantitative estimate of drug-likeness (QED) is 0.911. The molecule has 2 aromatic carbocycles. The van der Waals surface area contributed by atoms with E-state index in [1.165, 1.54) is 11.6 Å². The van der Waals surface area contributed by atoms with Crippen molar-refractivity contribution in [3.8, 4) is 0 Å². The number of rotatable bonds is 3. The first-order valence-electron chi connectivity index (χ1n) is 6.96. The van der Waals surface area contributed by atoms with E-state index in [2.05, 4.69) is 22.0 Å². The summed E-state index contributed by atoms with van der Waals surface area (Å²) in [5, 5.41) is 10.5. The zero-order valence-corrected chi connectivity index (χ0v) is 13.0. The molecule has 2 aromatic rings. The molecule has 4 heteroatoms. The van der Waals surface area contributed by atoms with Crippen LogP contribution in [0.4, 0.5) is 4.39 Å². The predicted molar refractivity (Wildman–Crippen MR) is 82.6 cm³/mol. The van der Waals surface area contributed by atoms with E-state index < -0.39 is 6.10 Å². The molecule has 110 valence electrons. The van der Waals surface area contributed by atoms with Gasteiger partial charge in [-0.3, -0.25) is 0 Å². The van der Waals surface area contributed by atoms with Crippen LogP contribution in [0.5, 0.6) is 0 Å². The summed E-state index contributed by atoms with van der Waals surface area (Å²) in [6.45, 7) is 0.617. The molecule has 0 saturated carbocycles. The molecule has 2 nitrogen and oxygen atoms in total. The minimum Gasteiger partial charge on any atom is -0.390 e. The summed E-state index contributed by atoms with van der Waals surface area (Å²) in [4.78, 5) is 0. The highest BCUT2D eigenvalue weighted by molar-refractivity contribution is 9.10. The van der Waals surface area contributed by atoms with Gasteiger partial charge in [-0.05, 0) is 51.2 Å². The predicted octanol–water partition coefficient (Wildman–Crippen LogP) is 3.81. The second-order valence-electron chi connectivity index (χ2n) is 5.26. The molecule has 1 aliphatic rings. The van der Waals surface area contributed by atoms with Crippen molar-refractivity contribution in [3.63, 3.8) is 0 Å². The van der Waals surface area contributed by atoms with Gasteiger partial charge in [0.2, 0.25) is 0 Å². The van der Waals surface area contributed by atoms with Gasteiger partial charge in [0.25, 0.3) is 0 Å². The lowest BCUT2D eigenvalue weighted by atomic mass is 9.92. The number of fused-ring (bicyclic) bond motifs is 1. The van der Waals surface area contributed by atoms with Crippen molar-refractivity contribution in [2.45, 2.75) is 25.0 Å². The smallest absolute Gasteiger partial charge is 0.137 e. The minimum atomic E-state index is -0.649. The van der Waals surface area contributed by atoms with Crippen LogP contribution in [-0.4, -0.2) is 17.8 Å². The number of hydrogen-bond acceptors (Lipinski definition) is 2. The summed E-state index contributed by atoms with van der Waals surface area (Å²) in [5.41, 5.74) is 3.16. The van der Waals surface area contributed by atoms with E-state index in [-0.39, 0.29) is 11.9 Å². The van der Waals surface area contributed by atoms with Crippen molar-refractivity contribution < 1.29 is 14.2 Å². The molecule has 2 unspecified atom stereocenters. The summed E-state index contributed by atoms with van der Waals surface area (Å²) >= 11 is 3.17. The van der Waals surface area contributed by atoms with Gasteiger partial charge in [0.05, 0.1) is 17.2 Å². The minimum absolute atomic E-state index is 0.299. The molecule has 2 atom stereocenters. The van der Waals surface area contributed by atoms with Crippen LogP contribution in [0.15, 0.2) is 46.9 Å². The van der Waals surface area contributed by atoms with Crippen LogP contribution >= 0.6 is 15.9 Å². The standard InChI is InChI=1S/C17H16BrFO2/c18-14-9-11(5-6-15(14)19)10-16(20)17-13-4-2-1-3-12(13)7-8-21-17/h1-6,9,16-17,20H,7-8,10H2. The van der Waals surface area contributed by atoms with Crippen molar-refractivity contribution in [3.05, 3.63) is 69.4 Å². The van der Waals surface area contributed by atoms with Crippen molar-refractivity contribution in [1.82, 2.24) is 0 Å². The number of hydrogen-bond donors (Lipinski definition) is 1. The Labute approximate surface area is 131 Å². The Morgan fingerprint density at radius 2 is 2.10 bits per heavy atom. The summed E-state index contributed by atoms with van der Waals surface area (Å²) in [6.07, 6.45) is 0.335.